The van der Waals surface area contributed by atoms with Gasteiger partial charge in [-0.05, 0) is 23.3 Å². The van der Waals surface area contributed by atoms with Crippen LogP contribution in [0.1, 0.15) is 24.0 Å². The van der Waals surface area contributed by atoms with Crippen LogP contribution in [0.4, 0.5) is 11.4 Å². The average Bonchev–Trinajstić information content (AvgIpc) is 3.07. The molecule has 0 radical (unpaired) electrons. The summed E-state index contributed by atoms with van der Waals surface area (Å²) in [7, 11) is 0. The molecule has 0 bridgehead atoms. The maximum absolute atomic E-state index is 12.6. The number of hydrazine groups is 1. The van der Waals surface area contributed by atoms with Gasteiger partial charge < -0.3 is 10.2 Å². The summed E-state index contributed by atoms with van der Waals surface area (Å²) in [4.78, 5) is 38.1. The van der Waals surface area contributed by atoms with Crippen molar-refractivity contribution in [3.05, 3.63) is 59.7 Å². The van der Waals surface area contributed by atoms with Gasteiger partial charge in [0, 0.05) is 25.9 Å². The number of para-hydroxylation sites is 2. The molecule has 2 N–H and O–H groups in total. The van der Waals surface area contributed by atoms with Crippen LogP contribution in [0.25, 0.3) is 0 Å². The minimum atomic E-state index is -0.239. The summed E-state index contributed by atoms with van der Waals surface area (Å²) in [5.41, 5.74) is 6.53. The van der Waals surface area contributed by atoms with Crippen LogP contribution in [0.2, 0.25) is 0 Å². The van der Waals surface area contributed by atoms with Crippen molar-refractivity contribution in [2.24, 2.45) is 0 Å². The Morgan fingerprint density at radius 1 is 0.926 bits per heavy atom. The van der Waals surface area contributed by atoms with Crippen molar-refractivity contribution in [3.63, 3.8) is 0 Å². The molecule has 0 unspecified atom stereocenters. The van der Waals surface area contributed by atoms with E-state index in [1.165, 1.54) is 16.0 Å². The predicted octanol–water partition coefficient (Wildman–Crippen LogP) is 1.80. The Bertz CT molecular complexity index is 887. The zero-order chi connectivity index (χ0) is 18.8. The van der Waals surface area contributed by atoms with Gasteiger partial charge in [0.2, 0.25) is 17.7 Å². The molecule has 2 heterocycles. The number of nitrogens with one attached hydrogen (secondary N) is 2. The molecule has 0 saturated heterocycles. The smallest absolute Gasteiger partial charge is 0.244 e. The molecule has 0 spiro atoms. The van der Waals surface area contributed by atoms with E-state index in [1.807, 2.05) is 35.3 Å². The quantitative estimate of drug-likeness (QED) is 0.867. The van der Waals surface area contributed by atoms with Crippen molar-refractivity contribution in [1.82, 2.24) is 10.4 Å². The van der Waals surface area contributed by atoms with Gasteiger partial charge in [0.25, 0.3) is 0 Å². The van der Waals surface area contributed by atoms with Crippen molar-refractivity contribution in [3.8, 4) is 0 Å². The van der Waals surface area contributed by atoms with Gasteiger partial charge in [0.1, 0.15) is 6.54 Å². The van der Waals surface area contributed by atoms with Crippen molar-refractivity contribution < 1.29 is 14.4 Å². The van der Waals surface area contributed by atoms with Crippen LogP contribution in [0.15, 0.2) is 48.5 Å². The normalized spacial score (nSPS) is 15.7. The van der Waals surface area contributed by atoms with Gasteiger partial charge in [-0.25, -0.2) is 5.01 Å². The first-order valence-corrected chi connectivity index (χ1v) is 8.90. The fourth-order valence-electron chi connectivity index (χ4n) is 3.46. The van der Waals surface area contributed by atoms with Crippen LogP contribution in [0, 0.1) is 0 Å². The number of fused-ring (bicyclic) bond motifs is 2. The molecular weight excluding hydrogens is 344 g/mol. The third-order valence-electron chi connectivity index (χ3n) is 4.76. The summed E-state index contributed by atoms with van der Waals surface area (Å²) in [5, 5.41) is 4.60. The fraction of sp³-hybridized carbons (Fsp3) is 0.250. The second kappa shape index (κ2) is 7.20. The Labute approximate surface area is 156 Å². The van der Waals surface area contributed by atoms with Gasteiger partial charge in [0.05, 0.1) is 11.4 Å². The minimum Gasteiger partial charge on any atom is -0.323 e. The second-order valence-electron chi connectivity index (χ2n) is 6.70. The molecule has 0 aromatic heterocycles. The first kappa shape index (κ1) is 17.2. The van der Waals surface area contributed by atoms with E-state index >= 15 is 0 Å². The topological polar surface area (TPSA) is 81.8 Å². The zero-order valence-electron chi connectivity index (χ0n) is 14.8. The van der Waals surface area contributed by atoms with Crippen molar-refractivity contribution in [1.29, 1.82) is 0 Å². The Morgan fingerprint density at radius 2 is 1.59 bits per heavy atom. The molecule has 3 amide bonds. The molecule has 138 valence electrons. The summed E-state index contributed by atoms with van der Waals surface area (Å²) in [5.74, 6) is -0.676. The molecule has 2 aliphatic rings. The monoisotopic (exact) mass is 364 g/mol. The van der Waals surface area contributed by atoms with Gasteiger partial charge in [-0.1, -0.05) is 36.4 Å². The third-order valence-corrected chi connectivity index (χ3v) is 4.76. The van der Waals surface area contributed by atoms with Gasteiger partial charge >= 0.3 is 0 Å². The Kier molecular flexibility index (Phi) is 4.60. The summed E-state index contributed by atoms with van der Waals surface area (Å²) in [6, 6.07) is 15.2. The van der Waals surface area contributed by atoms with Crippen LogP contribution in [-0.4, -0.2) is 29.3 Å². The molecule has 4 rings (SSSR count). The van der Waals surface area contributed by atoms with Gasteiger partial charge in [-0.15, -0.1) is 0 Å². The molecule has 2 aromatic carbocycles. The Morgan fingerprint density at radius 3 is 2.33 bits per heavy atom. The van der Waals surface area contributed by atoms with E-state index < -0.39 is 0 Å². The van der Waals surface area contributed by atoms with E-state index in [1.54, 1.807) is 18.2 Å². The number of amides is 3. The van der Waals surface area contributed by atoms with Gasteiger partial charge in [0.15, 0.2) is 0 Å². The molecule has 2 aromatic rings. The van der Waals surface area contributed by atoms with E-state index in [4.69, 9.17) is 0 Å². The Balaban J connectivity index is 1.32. The number of rotatable bonds is 4. The van der Waals surface area contributed by atoms with Gasteiger partial charge in [-0.2, -0.15) is 0 Å². The largest absolute Gasteiger partial charge is 0.323 e. The second-order valence-corrected chi connectivity index (χ2v) is 6.70. The lowest BCUT2D eigenvalue weighted by atomic mass is 10.1. The molecule has 0 fully saturated rings. The molecule has 0 aliphatic carbocycles. The first-order chi connectivity index (χ1) is 13.1. The molecule has 0 saturated carbocycles. The highest BCUT2D eigenvalue weighted by atomic mass is 16.2. The molecular formula is C20H20N4O3. The molecule has 0 atom stereocenters. The number of nitrogens with zero attached hydrogens (tertiary/aromatic N) is 2. The van der Waals surface area contributed by atoms with Gasteiger partial charge in [-0.3, -0.25) is 19.8 Å². The zero-order valence-corrected chi connectivity index (χ0v) is 14.8. The summed E-state index contributed by atoms with van der Waals surface area (Å²) in [6.07, 6.45) is 0.125. The number of carbonyl (C=O) groups excluding carboxylic acids is 3. The number of benzene rings is 2. The number of anilines is 2. The highest BCUT2D eigenvalue weighted by Crippen LogP contribution is 2.29. The van der Waals surface area contributed by atoms with Crippen molar-refractivity contribution >= 4 is 29.1 Å². The van der Waals surface area contributed by atoms with E-state index in [0.717, 1.165) is 0 Å². The summed E-state index contributed by atoms with van der Waals surface area (Å²) in [6.45, 7) is 1.30. The fourth-order valence-corrected chi connectivity index (χ4v) is 3.46. The molecule has 27 heavy (non-hydrogen) atoms. The number of hydrogen-bond acceptors (Lipinski definition) is 4. The SMILES string of the molecule is O=C1CN(C(=O)CCC(=O)NN2Cc3ccccc3C2)c2ccccc2N1. The van der Waals surface area contributed by atoms with E-state index in [2.05, 4.69) is 10.7 Å². The standard InChI is InChI=1S/C20H20N4O3/c25-18(22-23-11-14-5-1-2-6-15(14)12-23)9-10-20(27)24-13-19(26)21-16-7-3-4-8-17(16)24/h1-8H,9-13H2,(H,21,26)(H,22,25). The number of carbonyl (C=O) groups is 3. The highest BCUT2D eigenvalue weighted by molar-refractivity contribution is 6.10. The minimum absolute atomic E-state index is 0.0289. The van der Waals surface area contributed by atoms with E-state index in [0.29, 0.717) is 24.5 Å². The lowest BCUT2D eigenvalue weighted by Gasteiger charge is -2.29. The van der Waals surface area contributed by atoms with E-state index in [9.17, 15) is 14.4 Å². The highest BCUT2D eigenvalue weighted by Gasteiger charge is 2.27. The number of hydrogen-bond donors (Lipinski definition) is 2. The van der Waals surface area contributed by atoms with Crippen LogP contribution < -0.4 is 15.6 Å². The molecule has 7 heteroatoms. The predicted molar refractivity (Wildman–Crippen MR) is 100 cm³/mol. The lowest BCUT2D eigenvalue weighted by molar-refractivity contribution is -0.129. The maximum atomic E-state index is 12.6. The lowest BCUT2D eigenvalue weighted by Crippen LogP contribution is -2.43. The average molecular weight is 364 g/mol. The van der Waals surface area contributed by atoms with Crippen LogP contribution in [-0.2, 0) is 27.5 Å². The van der Waals surface area contributed by atoms with Crippen LogP contribution >= 0.6 is 0 Å². The molecule has 2 aliphatic heterocycles. The Hall–Kier alpha value is -3.19. The maximum Gasteiger partial charge on any atom is 0.244 e. The first-order valence-electron chi connectivity index (χ1n) is 8.90. The molecule has 7 nitrogen and oxygen atoms in total. The van der Waals surface area contributed by atoms with Crippen LogP contribution in [0.3, 0.4) is 0 Å². The van der Waals surface area contributed by atoms with Crippen LogP contribution in [0.5, 0.6) is 0 Å². The third kappa shape index (κ3) is 3.68. The summed E-state index contributed by atoms with van der Waals surface area (Å²) >= 11 is 0. The van der Waals surface area contributed by atoms with Crippen molar-refractivity contribution in [2.45, 2.75) is 25.9 Å². The van der Waals surface area contributed by atoms with E-state index in [-0.39, 0.29) is 37.1 Å². The van der Waals surface area contributed by atoms with Crippen molar-refractivity contribution in [2.75, 3.05) is 16.8 Å². The summed E-state index contributed by atoms with van der Waals surface area (Å²) < 4.78 is 0.